The smallest absolute Gasteiger partial charge is 0.156 e. The molecule has 0 radical (unpaired) electrons. The van der Waals surface area contributed by atoms with Gasteiger partial charge in [0.05, 0.1) is 11.7 Å². The van der Waals surface area contributed by atoms with E-state index in [1.165, 1.54) is 6.20 Å². The second-order valence-electron chi connectivity index (χ2n) is 7.90. The Morgan fingerprint density at radius 3 is 2.56 bits per heavy atom. The van der Waals surface area contributed by atoms with E-state index in [0.29, 0.717) is 40.3 Å². The number of aryl methyl sites for hydroxylation is 2. The quantitative estimate of drug-likeness (QED) is 0.358. The number of nitrogens with zero attached hydrogens (tertiary/aromatic N) is 6. The molecule has 166 valence electrons. The first-order valence-corrected chi connectivity index (χ1v) is 11.1. The number of nitriles is 1. The molecule has 3 heterocycles. The van der Waals surface area contributed by atoms with Gasteiger partial charge in [-0.05, 0) is 49.7 Å². The van der Waals surface area contributed by atoms with Crippen LogP contribution in [0.4, 0.5) is 11.6 Å². The van der Waals surface area contributed by atoms with Gasteiger partial charge in [0.15, 0.2) is 11.6 Å². The highest BCUT2D eigenvalue weighted by atomic mass is 35.5. The molecule has 5 aromatic rings. The summed E-state index contributed by atoms with van der Waals surface area (Å²) in [5.41, 5.74) is 4.10. The number of benzene rings is 2. The van der Waals surface area contributed by atoms with E-state index in [0.717, 1.165) is 27.7 Å². The highest BCUT2D eigenvalue weighted by molar-refractivity contribution is 6.30. The Hall–Kier alpha value is -4.28. The number of rotatable bonds is 5. The van der Waals surface area contributed by atoms with Crippen molar-refractivity contribution >= 4 is 34.1 Å². The zero-order valence-corrected chi connectivity index (χ0v) is 19.4. The first kappa shape index (κ1) is 21.6. The van der Waals surface area contributed by atoms with Crippen molar-refractivity contribution in [2.75, 3.05) is 5.32 Å². The van der Waals surface area contributed by atoms with E-state index >= 15 is 0 Å². The average Bonchev–Trinajstić information content (AvgIpc) is 3.24. The fraction of sp³-hybridized carbons (Fsp3) is 0.115. The maximum atomic E-state index is 9.76. The number of pyridine rings is 1. The summed E-state index contributed by atoms with van der Waals surface area (Å²) < 4.78 is 1.63. The van der Waals surface area contributed by atoms with Crippen LogP contribution in [0, 0.1) is 25.2 Å². The molecule has 0 atom stereocenters. The highest BCUT2D eigenvalue weighted by Gasteiger charge is 2.18. The van der Waals surface area contributed by atoms with Gasteiger partial charge in [0.1, 0.15) is 23.3 Å². The van der Waals surface area contributed by atoms with Crippen LogP contribution in [-0.2, 0) is 6.42 Å². The number of halogens is 1. The third-order valence-electron chi connectivity index (χ3n) is 5.55. The van der Waals surface area contributed by atoms with Crippen molar-refractivity contribution in [3.05, 3.63) is 100 Å². The number of para-hydroxylation sites is 1. The van der Waals surface area contributed by atoms with Crippen LogP contribution in [0.3, 0.4) is 0 Å². The molecular formula is C26H20ClN7. The summed E-state index contributed by atoms with van der Waals surface area (Å²) in [6.07, 6.45) is 2.13. The molecule has 0 spiro atoms. The van der Waals surface area contributed by atoms with Crippen LogP contribution in [0.2, 0.25) is 5.02 Å². The maximum Gasteiger partial charge on any atom is 0.156 e. The lowest BCUT2D eigenvalue weighted by Crippen LogP contribution is -2.10. The molecule has 8 heteroatoms. The molecule has 0 saturated heterocycles. The molecule has 0 unspecified atom stereocenters. The molecule has 34 heavy (non-hydrogen) atoms. The molecule has 0 aliphatic heterocycles. The molecule has 3 aromatic heterocycles. The lowest BCUT2D eigenvalue weighted by molar-refractivity contribution is 0.857. The number of fused-ring (bicyclic) bond motifs is 1. The van der Waals surface area contributed by atoms with Gasteiger partial charge in [-0.2, -0.15) is 15.0 Å². The van der Waals surface area contributed by atoms with Crippen LogP contribution in [0.25, 0.3) is 16.7 Å². The average molecular weight is 466 g/mol. The van der Waals surface area contributed by atoms with Gasteiger partial charge < -0.3 is 5.32 Å². The van der Waals surface area contributed by atoms with Crippen molar-refractivity contribution in [3.63, 3.8) is 0 Å². The minimum absolute atomic E-state index is 0.390. The Kier molecular flexibility index (Phi) is 5.66. The molecule has 2 aromatic carbocycles. The standard InChI is InChI=1S/C26H20ClN7/c1-16-22(13-18-7-10-21(27)11-8-18)25(31-17(2)30-16)33-26-20(14-28)15-29-34(26)24-12-9-19-5-3-4-6-23(19)32-24/h3-12,15H,13H2,1-2H3,(H,30,31,33). The second kappa shape index (κ2) is 8.93. The van der Waals surface area contributed by atoms with Gasteiger partial charge in [0, 0.05) is 28.1 Å². The van der Waals surface area contributed by atoms with Gasteiger partial charge in [-0.25, -0.2) is 15.0 Å². The number of nitrogens with one attached hydrogen (secondary N) is 1. The molecule has 5 rings (SSSR count). The van der Waals surface area contributed by atoms with E-state index < -0.39 is 0 Å². The number of hydrogen-bond acceptors (Lipinski definition) is 6. The van der Waals surface area contributed by atoms with Gasteiger partial charge in [-0.3, -0.25) is 0 Å². The summed E-state index contributed by atoms with van der Waals surface area (Å²) in [5.74, 6) is 2.36. The minimum atomic E-state index is 0.390. The van der Waals surface area contributed by atoms with Gasteiger partial charge >= 0.3 is 0 Å². The summed E-state index contributed by atoms with van der Waals surface area (Å²) in [5, 5.41) is 19.3. The lowest BCUT2D eigenvalue weighted by Gasteiger charge is -2.16. The predicted molar refractivity (Wildman–Crippen MR) is 133 cm³/mol. The largest absolute Gasteiger partial charge is 0.323 e. The molecule has 0 aliphatic carbocycles. The van der Waals surface area contributed by atoms with Crippen molar-refractivity contribution in [3.8, 4) is 11.9 Å². The number of aromatic nitrogens is 5. The first-order chi connectivity index (χ1) is 16.5. The van der Waals surface area contributed by atoms with E-state index in [-0.39, 0.29) is 0 Å². The molecule has 7 nitrogen and oxygen atoms in total. The highest BCUT2D eigenvalue weighted by Crippen LogP contribution is 2.28. The van der Waals surface area contributed by atoms with Crippen LogP contribution in [0.1, 0.15) is 28.2 Å². The van der Waals surface area contributed by atoms with E-state index in [1.807, 2.05) is 74.5 Å². The van der Waals surface area contributed by atoms with Crippen LogP contribution in [0.15, 0.2) is 66.9 Å². The maximum absolute atomic E-state index is 9.76. The van der Waals surface area contributed by atoms with Crippen molar-refractivity contribution in [2.45, 2.75) is 20.3 Å². The summed E-state index contributed by atoms with van der Waals surface area (Å²) in [7, 11) is 0. The topological polar surface area (TPSA) is 92.3 Å². The molecule has 0 bridgehead atoms. The van der Waals surface area contributed by atoms with Gasteiger partial charge in [-0.1, -0.05) is 41.9 Å². The Morgan fingerprint density at radius 2 is 1.76 bits per heavy atom. The molecule has 0 amide bonds. The van der Waals surface area contributed by atoms with E-state index in [1.54, 1.807) is 4.68 Å². The van der Waals surface area contributed by atoms with Crippen molar-refractivity contribution < 1.29 is 0 Å². The molecule has 0 aliphatic rings. The third-order valence-corrected chi connectivity index (χ3v) is 5.80. The Labute approximate surface area is 201 Å². The lowest BCUT2D eigenvalue weighted by atomic mass is 10.0. The Morgan fingerprint density at radius 1 is 0.971 bits per heavy atom. The zero-order valence-electron chi connectivity index (χ0n) is 18.6. The van der Waals surface area contributed by atoms with Crippen LogP contribution in [-0.4, -0.2) is 24.7 Å². The molecule has 1 N–H and O–H groups in total. The first-order valence-electron chi connectivity index (χ1n) is 10.7. The van der Waals surface area contributed by atoms with Crippen molar-refractivity contribution in [1.29, 1.82) is 5.26 Å². The van der Waals surface area contributed by atoms with Crippen molar-refractivity contribution in [1.82, 2.24) is 24.7 Å². The zero-order chi connectivity index (χ0) is 23.7. The second-order valence-corrected chi connectivity index (χ2v) is 8.34. The molecule has 0 saturated carbocycles. The predicted octanol–water partition coefficient (Wildman–Crippen LogP) is 5.69. The van der Waals surface area contributed by atoms with E-state index in [2.05, 4.69) is 26.5 Å². The van der Waals surface area contributed by atoms with E-state index in [9.17, 15) is 5.26 Å². The number of hydrogen-bond donors (Lipinski definition) is 1. The fourth-order valence-electron chi connectivity index (χ4n) is 3.87. The van der Waals surface area contributed by atoms with Crippen LogP contribution in [0.5, 0.6) is 0 Å². The summed E-state index contributed by atoms with van der Waals surface area (Å²) in [6.45, 7) is 3.80. The minimum Gasteiger partial charge on any atom is -0.323 e. The van der Waals surface area contributed by atoms with Crippen LogP contribution >= 0.6 is 11.6 Å². The SMILES string of the molecule is Cc1nc(C)c(Cc2ccc(Cl)cc2)c(Nc2c(C#N)cnn2-c2ccc3ccccc3n2)n1. The van der Waals surface area contributed by atoms with Gasteiger partial charge in [0.2, 0.25) is 0 Å². The van der Waals surface area contributed by atoms with Crippen LogP contribution < -0.4 is 5.32 Å². The van der Waals surface area contributed by atoms with E-state index in [4.69, 9.17) is 16.6 Å². The summed E-state index contributed by atoms with van der Waals surface area (Å²) >= 11 is 6.05. The third kappa shape index (κ3) is 4.19. The number of anilines is 2. The Balaban J connectivity index is 1.59. The summed E-state index contributed by atoms with van der Waals surface area (Å²) in [4.78, 5) is 14.0. The van der Waals surface area contributed by atoms with Gasteiger partial charge in [0.25, 0.3) is 0 Å². The molecule has 0 fully saturated rings. The summed E-state index contributed by atoms with van der Waals surface area (Å²) in [6, 6.07) is 21.6. The Bertz CT molecular complexity index is 1550. The van der Waals surface area contributed by atoms with Crippen molar-refractivity contribution in [2.24, 2.45) is 0 Å². The molecular weight excluding hydrogens is 446 g/mol. The normalized spacial score (nSPS) is 10.9. The monoisotopic (exact) mass is 465 g/mol. The fourth-order valence-corrected chi connectivity index (χ4v) is 3.99. The van der Waals surface area contributed by atoms with Gasteiger partial charge in [-0.15, -0.1) is 0 Å².